The Hall–Kier alpha value is -1.78. The highest BCUT2D eigenvalue weighted by Crippen LogP contribution is 2.58. The normalized spacial score (nSPS) is 27.1. The first kappa shape index (κ1) is 21.1. The molecule has 0 aromatic heterocycles. The second-order valence-electron chi connectivity index (χ2n) is 9.11. The number of halogens is 2. The standard InChI is InChI=1S/C23H29FIN5O/c1-30-5-4-23(12-30)9-15(23)11-31-21-8-20-17(7-19(21)26)22(28-13-27-20)29-16-2-3-18(24)14(6-16)10-25/h2-3,6-8,15,22,27-29H,4-5,9-13,26H2,1H3. The fraction of sp³-hybridized carbons (Fsp3) is 0.478. The largest absolute Gasteiger partial charge is 0.491 e. The summed E-state index contributed by atoms with van der Waals surface area (Å²) in [7, 11) is 2.20. The third-order valence-electron chi connectivity index (χ3n) is 6.95. The molecular formula is C23H29FIN5O. The summed E-state index contributed by atoms with van der Waals surface area (Å²) in [5.41, 5.74) is 11.1. The van der Waals surface area contributed by atoms with Crippen molar-refractivity contribution in [3.8, 4) is 5.75 Å². The zero-order valence-electron chi connectivity index (χ0n) is 17.7. The zero-order chi connectivity index (χ0) is 21.6. The van der Waals surface area contributed by atoms with Crippen LogP contribution in [-0.2, 0) is 4.43 Å². The van der Waals surface area contributed by atoms with Crippen LogP contribution in [-0.4, -0.2) is 38.3 Å². The van der Waals surface area contributed by atoms with Crippen LogP contribution in [0.1, 0.15) is 30.1 Å². The Morgan fingerprint density at radius 2 is 2.23 bits per heavy atom. The monoisotopic (exact) mass is 537 g/mol. The molecule has 3 unspecified atom stereocenters. The van der Waals surface area contributed by atoms with Crippen LogP contribution in [0.15, 0.2) is 30.3 Å². The summed E-state index contributed by atoms with van der Waals surface area (Å²) in [6.45, 7) is 3.72. The highest BCUT2D eigenvalue weighted by Gasteiger charge is 2.56. The lowest BCUT2D eigenvalue weighted by atomic mass is 10.0. The van der Waals surface area contributed by atoms with Crippen molar-refractivity contribution in [1.29, 1.82) is 0 Å². The van der Waals surface area contributed by atoms with Gasteiger partial charge in [0.25, 0.3) is 0 Å². The van der Waals surface area contributed by atoms with Crippen molar-refractivity contribution < 1.29 is 9.13 Å². The first-order valence-corrected chi connectivity index (χ1v) is 12.3. The van der Waals surface area contributed by atoms with Crippen molar-refractivity contribution in [2.24, 2.45) is 11.3 Å². The number of nitrogens with two attached hydrogens (primary N) is 1. The molecule has 5 rings (SSSR count). The molecule has 2 aromatic carbocycles. The first-order chi connectivity index (χ1) is 15.0. The predicted molar refractivity (Wildman–Crippen MR) is 131 cm³/mol. The molecule has 3 atom stereocenters. The van der Waals surface area contributed by atoms with Gasteiger partial charge in [-0.2, -0.15) is 0 Å². The van der Waals surface area contributed by atoms with Crippen molar-refractivity contribution >= 4 is 39.7 Å². The average Bonchev–Trinajstić information content (AvgIpc) is 3.30. The van der Waals surface area contributed by atoms with Crippen molar-refractivity contribution in [2.45, 2.75) is 23.4 Å². The van der Waals surface area contributed by atoms with Gasteiger partial charge in [0.05, 0.1) is 19.0 Å². The van der Waals surface area contributed by atoms with E-state index in [1.165, 1.54) is 32.0 Å². The molecule has 2 aromatic rings. The summed E-state index contributed by atoms with van der Waals surface area (Å²) in [6.07, 6.45) is 2.41. The second kappa shape index (κ2) is 8.29. The SMILES string of the molecule is CN1CCC2(CC2COc2cc3c(cc2N)C(Nc2ccc(F)c(CI)c2)NCN3)C1. The van der Waals surface area contributed by atoms with Gasteiger partial charge in [0, 0.05) is 39.9 Å². The van der Waals surface area contributed by atoms with Gasteiger partial charge in [-0.1, -0.05) is 22.6 Å². The van der Waals surface area contributed by atoms with Gasteiger partial charge in [-0.05, 0) is 61.7 Å². The molecule has 0 radical (unpaired) electrons. The Labute approximate surface area is 196 Å². The molecule has 2 fully saturated rings. The van der Waals surface area contributed by atoms with E-state index >= 15 is 0 Å². The minimum atomic E-state index is -0.175. The number of anilines is 3. The quantitative estimate of drug-likeness (QED) is 0.252. The summed E-state index contributed by atoms with van der Waals surface area (Å²) in [4.78, 5) is 2.42. The molecule has 8 heteroatoms. The van der Waals surface area contributed by atoms with Gasteiger partial charge < -0.3 is 26.0 Å². The Balaban J connectivity index is 1.28. The molecule has 166 valence electrons. The number of hydrogen-bond donors (Lipinski definition) is 4. The smallest absolute Gasteiger partial charge is 0.144 e. The molecule has 2 heterocycles. The lowest BCUT2D eigenvalue weighted by Crippen LogP contribution is -2.37. The summed E-state index contributed by atoms with van der Waals surface area (Å²) < 4.78 is 20.6. The van der Waals surface area contributed by atoms with Crippen LogP contribution in [0.25, 0.3) is 0 Å². The zero-order valence-corrected chi connectivity index (χ0v) is 19.8. The van der Waals surface area contributed by atoms with Crippen LogP contribution in [0.4, 0.5) is 21.5 Å². The van der Waals surface area contributed by atoms with Crippen LogP contribution in [0.2, 0.25) is 0 Å². The molecule has 1 aliphatic carbocycles. The Kier molecular flexibility index (Phi) is 5.64. The summed E-state index contributed by atoms with van der Waals surface area (Å²) >= 11 is 2.18. The number of hydrogen-bond acceptors (Lipinski definition) is 6. The highest BCUT2D eigenvalue weighted by atomic mass is 127. The third-order valence-corrected chi connectivity index (χ3v) is 7.78. The maximum atomic E-state index is 13.8. The second-order valence-corrected chi connectivity index (χ2v) is 9.88. The van der Waals surface area contributed by atoms with Crippen molar-refractivity contribution in [2.75, 3.05) is 49.8 Å². The number of likely N-dealkylation sites (tertiary alicyclic amines) is 1. The van der Waals surface area contributed by atoms with Crippen molar-refractivity contribution in [3.05, 3.63) is 47.3 Å². The molecule has 0 bridgehead atoms. The number of rotatable bonds is 6. The highest BCUT2D eigenvalue weighted by molar-refractivity contribution is 14.1. The molecule has 31 heavy (non-hydrogen) atoms. The molecular weight excluding hydrogens is 508 g/mol. The number of alkyl halides is 1. The number of nitrogen functional groups attached to an aromatic ring is 1. The minimum absolute atomic E-state index is 0.124. The molecule has 0 amide bonds. The van der Waals surface area contributed by atoms with Gasteiger partial charge in [0.1, 0.15) is 17.7 Å². The molecule has 5 N–H and O–H groups in total. The molecule has 1 saturated carbocycles. The van der Waals surface area contributed by atoms with Crippen LogP contribution >= 0.6 is 22.6 Å². The van der Waals surface area contributed by atoms with E-state index < -0.39 is 0 Å². The maximum Gasteiger partial charge on any atom is 0.144 e. The van der Waals surface area contributed by atoms with Crippen molar-refractivity contribution in [3.63, 3.8) is 0 Å². The summed E-state index contributed by atoms with van der Waals surface area (Å²) in [5.74, 6) is 1.20. The Morgan fingerprint density at radius 3 is 3.00 bits per heavy atom. The van der Waals surface area contributed by atoms with Crippen LogP contribution in [0.5, 0.6) is 5.75 Å². The van der Waals surface area contributed by atoms with E-state index in [1.807, 2.05) is 18.2 Å². The van der Waals surface area contributed by atoms with Crippen LogP contribution in [0, 0.1) is 17.2 Å². The maximum absolute atomic E-state index is 13.8. The summed E-state index contributed by atoms with van der Waals surface area (Å²) in [5, 5.41) is 10.2. The van der Waals surface area contributed by atoms with E-state index in [9.17, 15) is 4.39 Å². The van der Waals surface area contributed by atoms with Crippen molar-refractivity contribution in [1.82, 2.24) is 10.2 Å². The van der Waals surface area contributed by atoms with Gasteiger partial charge in [-0.15, -0.1) is 0 Å². The van der Waals surface area contributed by atoms with Crippen LogP contribution in [0.3, 0.4) is 0 Å². The Morgan fingerprint density at radius 1 is 1.35 bits per heavy atom. The number of nitrogens with one attached hydrogen (secondary N) is 3. The molecule has 2 aliphatic heterocycles. The van der Waals surface area contributed by atoms with E-state index in [4.69, 9.17) is 10.5 Å². The summed E-state index contributed by atoms with van der Waals surface area (Å²) in [6, 6.07) is 9.11. The number of nitrogens with zero attached hydrogens (tertiary/aromatic N) is 1. The van der Waals surface area contributed by atoms with Gasteiger partial charge in [0.2, 0.25) is 0 Å². The third kappa shape index (κ3) is 4.17. The molecule has 1 saturated heterocycles. The minimum Gasteiger partial charge on any atom is -0.491 e. The molecule has 3 aliphatic rings. The first-order valence-electron chi connectivity index (χ1n) is 10.8. The number of ether oxygens (including phenoxy) is 1. The van der Waals surface area contributed by atoms with Gasteiger partial charge in [-0.25, -0.2) is 4.39 Å². The van der Waals surface area contributed by atoms with Gasteiger partial charge in [0.15, 0.2) is 0 Å². The van der Waals surface area contributed by atoms with Gasteiger partial charge >= 0.3 is 0 Å². The Bertz CT molecular complexity index is 989. The lowest BCUT2D eigenvalue weighted by Gasteiger charge is -2.30. The fourth-order valence-corrected chi connectivity index (χ4v) is 5.60. The van der Waals surface area contributed by atoms with E-state index in [2.05, 4.69) is 50.5 Å². The predicted octanol–water partition coefficient (Wildman–Crippen LogP) is 4.15. The number of fused-ring (bicyclic) bond motifs is 1. The van der Waals surface area contributed by atoms with Crippen LogP contribution < -0.4 is 26.4 Å². The molecule has 6 nitrogen and oxygen atoms in total. The number of benzene rings is 2. The lowest BCUT2D eigenvalue weighted by molar-refractivity contribution is 0.269. The molecule has 1 spiro atoms. The van der Waals surface area contributed by atoms with Gasteiger partial charge in [-0.3, -0.25) is 5.32 Å². The van der Waals surface area contributed by atoms with E-state index in [0.717, 1.165) is 29.3 Å². The topological polar surface area (TPSA) is 74.6 Å². The van der Waals surface area contributed by atoms with E-state index in [1.54, 1.807) is 6.07 Å². The average molecular weight is 537 g/mol. The van der Waals surface area contributed by atoms with E-state index in [-0.39, 0.29) is 12.0 Å². The van der Waals surface area contributed by atoms with E-state index in [0.29, 0.717) is 33.7 Å². The fourth-order valence-electron chi connectivity index (χ4n) is 5.02.